The maximum absolute atomic E-state index is 11.6. The lowest BCUT2D eigenvalue weighted by Crippen LogP contribution is -2.32. The fourth-order valence-electron chi connectivity index (χ4n) is 1.36. The van der Waals surface area contributed by atoms with Crippen LogP contribution in [0, 0.1) is 0 Å². The highest BCUT2D eigenvalue weighted by molar-refractivity contribution is 6.42. The summed E-state index contributed by atoms with van der Waals surface area (Å²) in [5.41, 5.74) is 0.861. The maximum Gasteiger partial charge on any atom is 0.224 e. The molecule has 0 unspecified atom stereocenters. The van der Waals surface area contributed by atoms with Gasteiger partial charge in [-0.1, -0.05) is 36.2 Å². The van der Waals surface area contributed by atoms with Crippen LogP contribution in [-0.2, 0) is 11.2 Å². The molecule has 3 nitrogen and oxygen atoms in total. The number of benzene rings is 1. The van der Waals surface area contributed by atoms with E-state index in [1.807, 2.05) is 6.92 Å². The molecule has 0 heterocycles. The summed E-state index contributed by atoms with van der Waals surface area (Å²) in [6, 6.07) is 5.22. The first-order chi connectivity index (χ1) is 8.13. The zero-order valence-electron chi connectivity index (χ0n) is 10.1. The average molecular weight is 312 g/mol. The molecule has 0 atom stereocenters. The zero-order chi connectivity index (χ0) is 12.7. The van der Waals surface area contributed by atoms with E-state index in [0.29, 0.717) is 23.0 Å². The summed E-state index contributed by atoms with van der Waals surface area (Å²) in [6.07, 6.45) is 0.322. The van der Waals surface area contributed by atoms with E-state index in [9.17, 15) is 4.79 Å². The Balaban J connectivity index is 0.00000289. The summed E-state index contributed by atoms with van der Waals surface area (Å²) in [5.74, 6) is -0.0127. The Hall–Kier alpha value is -0.480. The number of hydrogen-bond donors (Lipinski definition) is 2. The van der Waals surface area contributed by atoms with E-state index in [4.69, 9.17) is 23.2 Å². The second-order valence-electron chi connectivity index (χ2n) is 3.63. The lowest BCUT2D eigenvalue weighted by atomic mass is 10.1. The van der Waals surface area contributed by atoms with Crippen molar-refractivity contribution in [2.24, 2.45) is 0 Å². The SMILES string of the molecule is CCNCCNC(=O)Cc1ccc(Cl)c(Cl)c1.Cl. The fraction of sp³-hybridized carbons (Fsp3) is 0.417. The van der Waals surface area contributed by atoms with Crippen LogP contribution in [0.4, 0.5) is 0 Å². The highest BCUT2D eigenvalue weighted by Crippen LogP contribution is 2.22. The van der Waals surface area contributed by atoms with Crippen molar-refractivity contribution < 1.29 is 4.79 Å². The van der Waals surface area contributed by atoms with Crippen molar-refractivity contribution in [3.8, 4) is 0 Å². The number of rotatable bonds is 6. The lowest BCUT2D eigenvalue weighted by Gasteiger charge is -2.06. The summed E-state index contributed by atoms with van der Waals surface area (Å²) in [7, 11) is 0. The van der Waals surface area contributed by atoms with Crippen LogP contribution in [0.5, 0.6) is 0 Å². The minimum atomic E-state index is -0.0127. The Morgan fingerprint density at radius 1 is 1.22 bits per heavy atom. The van der Waals surface area contributed by atoms with Crippen LogP contribution in [0.15, 0.2) is 18.2 Å². The van der Waals surface area contributed by atoms with Crippen molar-refractivity contribution in [3.63, 3.8) is 0 Å². The molecule has 0 saturated heterocycles. The van der Waals surface area contributed by atoms with Gasteiger partial charge in [-0.2, -0.15) is 0 Å². The van der Waals surface area contributed by atoms with E-state index < -0.39 is 0 Å². The van der Waals surface area contributed by atoms with E-state index >= 15 is 0 Å². The van der Waals surface area contributed by atoms with Gasteiger partial charge in [0.1, 0.15) is 0 Å². The van der Waals surface area contributed by atoms with Crippen LogP contribution in [0.3, 0.4) is 0 Å². The average Bonchev–Trinajstić information content (AvgIpc) is 2.30. The molecule has 1 rings (SSSR count). The van der Waals surface area contributed by atoms with E-state index in [-0.39, 0.29) is 18.3 Å². The second-order valence-corrected chi connectivity index (χ2v) is 4.44. The molecule has 1 aromatic rings. The number of amides is 1. The molecule has 0 aliphatic rings. The molecule has 0 spiro atoms. The number of halogens is 3. The molecule has 0 bridgehead atoms. The van der Waals surface area contributed by atoms with E-state index in [1.165, 1.54) is 0 Å². The lowest BCUT2D eigenvalue weighted by molar-refractivity contribution is -0.120. The zero-order valence-corrected chi connectivity index (χ0v) is 12.5. The number of carbonyl (C=O) groups is 1. The van der Waals surface area contributed by atoms with Crippen LogP contribution in [-0.4, -0.2) is 25.5 Å². The van der Waals surface area contributed by atoms with Crippen molar-refractivity contribution >= 4 is 41.5 Å². The van der Waals surface area contributed by atoms with Gasteiger partial charge in [0.2, 0.25) is 5.91 Å². The molecular weight excluding hydrogens is 295 g/mol. The van der Waals surface area contributed by atoms with E-state index in [0.717, 1.165) is 18.7 Å². The number of likely N-dealkylation sites (N-methyl/N-ethyl adjacent to an activating group) is 1. The first kappa shape index (κ1) is 17.5. The predicted octanol–water partition coefficient (Wildman–Crippen LogP) is 2.68. The number of hydrogen-bond acceptors (Lipinski definition) is 2. The summed E-state index contributed by atoms with van der Waals surface area (Å²) >= 11 is 11.7. The molecule has 1 amide bonds. The van der Waals surface area contributed by atoms with Gasteiger partial charge in [-0.25, -0.2) is 0 Å². The number of carbonyl (C=O) groups excluding carboxylic acids is 1. The quantitative estimate of drug-likeness (QED) is 0.793. The van der Waals surface area contributed by atoms with Crippen molar-refractivity contribution in [3.05, 3.63) is 33.8 Å². The molecule has 6 heteroatoms. The van der Waals surface area contributed by atoms with Gasteiger partial charge < -0.3 is 10.6 Å². The van der Waals surface area contributed by atoms with Crippen LogP contribution in [0.25, 0.3) is 0 Å². The molecule has 0 saturated carbocycles. The minimum Gasteiger partial charge on any atom is -0.355 e. The summed E-state index contributed by atoms with van der Waals surface area (Å²) in [5, 5.41) is 6.93. The Morgan fingerprint density at radius 3 is 2.56 bits per heavy atom. The van der Waals surface area contributed by atoms with Crippen LogP contribution < -0.4 is 10.6 Å². The Kier molecular flexibility index (Phi) is 9.20. The standard InChI is InChI=1S/C12H16Cl2N2O.ClH/c1-2-15-5-6-16-12(17)8-9-3-4-10(13)11(14)7-9;/h3-4,7,15H,2,5-6,8H2,1H3,(H,16,17);1H. The first-order valence-electron chi connectivity index (χ1n) is 5.54. The molecule has 0 aliphatic carbocycles. The third kappa shape index (κ3) is 6.45. The van der Waals surface area contributed by atoms with Gasteiger partial charge in [-0.3, -0.25) is 4.79 Å². The van der Waals surface area contributed by atoms with Gasteiger partial charge in [0.15, 0.2) is 0 Å². The summed E-state index contributed by atoms with van der Waals surface area (Å²) in [6.45, 7) is 4.35. The smallest absolute Gasteiger partial charge is 0.224 e. The Labute approximate surface area is 124 Å². The normalized spacial score (nSPS) is 9.72. The topological polar surface area (TPSA) is 41.1 Å². The summed E-state index contributed by atoms with van der Waals surface area (Å²) in [4.78, 5) is 11.6. The molecule has 1 aromatic carbocycles. The molecule has 2 N–H and O–H groups in total. The molecule has 0 fully saturated rings. The molecule has 0 aromatic heterocycles. The van der Waals surface area contributed by atoms with Gasteiger partial charge in [0.05, 0.1) is 16.5 Å². The Bertz CT molecular complexity index is 386. The monoisotopic (exact) mass is 310 g/mol. The van der Waals surface area contributed by atoms with Gasteiger partial charge in [-0.05, 0) is 24.2 Å². The highest BCUT2D eigenvalue weighted by Gasteiger charge is 2.04. The third-order valence-electron chi connectivity index (χ3n) is 2.22. The van der Waals surface area contributed by atoms with Gasteiger partial charge in [0.25, 0.3) is 0 Å². The van der Waals surface area contributed by atoms with Crippen LogP contribution in [0.2, 0.25) is 10.0 Å². The van der Waals surface area contributed by atoms with E-state index in [1.54, 1.807) is 18.2 Å². The second kappa shape index (κ2) is 9.45. The van der Waals surface area contributed by atoms with Gasteiger partial charge >= 0.3 is 0 Å². The first-order valence-corrected chi connectivity index (χ1v) is 6.30. The van der Waals surface area contributed by atoms with Crippen molar-refractivity contribution in [2.45, 2.75) is 13.3 Å². The van der Waals surface area contributed by atoms with Crippen LogP contribution in [0.1, 0.15) is 12.5 Å². The maximum atomic E-state index is 11.6. The molecule has 18 heavy (non-hydrogen) atoms. The molecular formula is C12H17Cl3N2O. The minimum absolute atomic E-state index is 0. The van der Waals surface area contributed by atoms with Crippen molar-refractivity contribution in [2.75, 3.05) is 19.6 Å². The molecule has 0 radical (unpaired) electrons. The van der Waals surface area contributed by atoms with Crippen molar-refractivity contribution in [1.29, 1.82) is 0 Å². The predicted molar refractivity (Wildman–Crippen MR) is 79.0 cm³/mol. The summed E-state index contributed by atoms with van der Waals surface area (Å²) < 4.78 is 0. The largest absolute Gasteiger partial charge is 0.355 e. The van der Waals surface area contributed by atoms with Crippen molar-refractivity contribution in [1.82, 2.24) is 10.6 Å². The van der Waals surface area contributed by atoms with Gasteiger partial charge in [-0.15, -0.1) is 12.4 Å². The van der Waals surface area contributed by atoms with Crippen LogP contribution >= 0.6 is 35.6 Å². The molecule has 102 valence electrons. The number of nitrogens with one attached hydrogen (secondary N) is 2. The van der Waals surface area contributed by atoms with E-state index in [2.05, 4.69) is 10.6 Å². The fourth-order valence-corrected chi connectivity index (χ4v) is 1.69. The third-order valence-corrected chi connectivity index (χ3v) is 2.96. The highest BCUT2D eigenvalue weighted by atomic mass is 35.5. The Morgan fingerprint density at radius 2 is 1.94 bits per heavy atom. The van der Waals surface area contributed by atoms with Gasteiger partial charge in [0, 0.05) is 13.1 Å². The molecule has 0 aliphatic heterocycles.